The summed E-state index contributed by atoms with van der Waals surface area (Å²) in [5.41, 5.74) is 14.7. The van der Waals surface area contributed by atoms with E-state index in [0.29, 0.717) is 5.28 Å². The highest BCUT2D eigenvalue weighted by molar-refractivity contribution is 6.70. The lowest BCUT2D eigenvalue weighted by atomic mass is 9.59. The van der Waals surface area contributed by atoms with Gasteiger partial charge in [0.1, 0.15) is 70.6 Å². The molecule has 0 saturated carbocycles. The van der Waals surface area contributed by atoms with E-state index >= 15 is 0 Å². The fraction of sp³-hybridized carbons (Fsp3) is 0. The average Bonchev–Trinajstić information content (AvgIpc) is 2.61. The largest absolute Gasteiger partial charge is 0.223 e. The van der Waals surface area contributed by atoms with Crippen molar-refractivity contribution in [1.29, 1.82) is 0 Å². The van der Waals surface area contributed by atoms with E-state index in [1.54, 1.807) is 0 Å². The molecule has 0 unspecified atom stereocenters. The first kappa shape index (κ1) is 19.4. The third-order valence-corrected chi connectivity index (χ3v) is 6.71. The van der Waals surface area contributed by atoms with Gasteiger partial charge in [0.2, 0.25) is 5.28 Å². The number of rotatable bonds is 1. The summed E-state index contributed by atoms with van der Waals surface area (Å²) in [6, 6.07) is 0. The van der Waals surface area contributed by atoms with Gasteiger partial charge in [-0.05, 0) is 17.2 Å². The maximum Gasteiger partial charge on any atom is 0.223 e. The lowest BCUT2D eigenvalue weighted by Gasteiger charge is -2.23. The highest BCUT2D eigenvalue weighted by Gasteiger charge is 2.20. The second-order valence-corrected chi connectivity index (χ2v) is 7.90. The molecular weight excluding hydrogens is 329 g/mol. The summed E-state index contributed by atoms with van der Waals surface area (Å²) in [5.74, 6) is 0. The van der Waals surface area contributed by atoms with E-state index in [9.17, 15) is 0 Å². The number of halogens is 1. The molecule has 0 amide bonds. The molecule has 3 aromatic rings. The normalized spacial score (nSPS) is 11.1. The van der Waals surface area contributed by atoms with E-state index < -0.39 is 0 Å². The topological polar surface area (TPSA) is 25.8 Å². The van der Waals surface area contributed by atoms with Gasteiger partial charge < -0.3 is 0 Å². The predicted molar refractivity (Wildman–Crippen MR) is 144 cm³/mol. The molecule has 1 heterocycles. The lowest BCUT2D eigenvalue weighted by molar-refractivity contribution is 1.23. The Kier molecular flexibility index (Phi) is 4.98. The van der Waals surface area contributed by atoms with Crippen LogP contribution in [0.25, 0.3) is 22.2 Å². The number of nitrogens with zero attached hydrogens (tertiary/aromatic N) is 2. The number of aromatic nitrogens is 2. The van der Waals surface area contributed by atoms with Crippen LogP contribution in [0.4, 0.5) is 0 Å². The summed E-state index contributed by atoms with van der Waals surface area (Å²) in [6.07, 6.45) is 0. The molecule has 0 atom stereocenters. The first-order valence-electron chi connectivity index (χ1n) is 9.08. The Balaban J connectivity index is 2.61. The van der Waals surface area contributed by atoms with Gasteiger partial charge in [-0.2, -0.15) is 0 Å². The molecular formula is C14H18B9ClN2. The summed E-state index contributed by atoms with van der Waals surface area (Å²) < 4.78 is 0. The Hall–Kier alpha value is -1.35. The Morgan fingerprint density at radius 3 is 1.46 bits per heavy atom. The van der Waals surface area contributed by atoms with Crippen molar-refractivity contribution in [1.82, 2.24) is 9.97 Å². The monoisotopic (exact) mass is 348 g/mol. The standard InChI is InChI=1S/C14H18B9ClN2/c15-3-1(4(16)7(19)9(21)6(3)18)12-2-5(17)8(20)10(22)11(23)13(2)26-14(24)25-12/h15-23H2. The van der Waals surface area contributed by atoms with Crippen LogP contribution < -0.4 is 49.2 Å². The van der Waals surface area contributed by atoms with Crippen molar-refractivity contribution in [2.24, 2.45) is 0 Å². The van der Waals surface area contributed by atoms with Crippen molar-refractivity contribution < 1.29 is 0 Å². The van der Waals surface area contributed by atoms with Crippen molar-refractivity contribution in [2.45, 2.75) is 0 Å². The van der Waals surface area contributed by atoms with E-state index in [1.807, 2.05) is 0 Å². The van der Waals surface area contributed by atoms with Crippen molar-refractivity contribution in [3.05, 3.63) is 5.28 Å². The molecule has 0 saturated heterocycles. The smallest absolute Gasteiger partial charge is 0.219 e. The van der Waals surface area contributed by atoms with E-state index in [4.69, 9.17) is 16.6 Å². The van der Waals surface area contributed by atoms with Crippen molar-refractivity contribution in [3.63, 3.8) is 0 Å². The SMILES string of the molecule is Bc1c(B)c(B)c(-c2nc(Cl)nc3c(B)c(B)c(B)c(B)c23)c(B)c1B. The molecule has 1 aromatic heterocycles. The van der Waals surface area contributed by atoms with E-state index in [2.05, 4.69) is 75.6 Å². The Morgan fingerprint density at radius 1 is 0.500 bits per heavy atom. The molecule has 0 aliphatic carbocycles. The summed E-state index contributed by atoms with van der Waals surface area (Å²) in [4.78, 5) is 9.33. The molecule has 0 radical (unpaired) electrons. The Morgan fingerprint density at radius 2 is 0.923 bits per heavy atom. The van der Waals surface area contributed by atoms with Crippen LogP contribution in [0.3, 0.4) is 0 Å². The fourth-order valence-corrected chi connectivity index (χ4v) is 4.19. The van der Waals surface area contributed by atoms with Gasteiger partial charge in [0.05, 0.1) is 11.2 Å². The molecule has 0 fully saturated rings. The molecule has 0 spiro atoms. The summed E-state index contributed by atoms with van der Waals surface area (Å²) in [6.45, 7) is 0. The van der Waals surface area contributed by atoms with Crippen LogP contribution in [0.15, 0.2) is 0 Å². The number of fused-ring (bicyclic) bond motifs is 1. The van der Waals surface area contributed by atoms with Crippen LogP contribution in [-0.4, -0.2) is 80.6 Å². The second kappa shape index (κ2) is 6.67. The first-order valence-corrected chi connectivity index (χ1v) is 9.46. The van der Waals surface area contributed by atoms with Crippen molar-refractivity contribution >= 4 is 142 Å². The molecule has 26 heavy (non-hydrogen) atoms. The van der Waals surface area contributed by atoms with E-state index in [-0.39, 0.29) is 0 Å². The zero-order valence-corrected chi connectivity index (χ0v) is 18.0. The third kappa shape index (κ3) is 2.71. The zero-order chi connectivity index (χ0) is 19.5. The quantitative estimate of drug-likeness (QED) is 0.323. The van der Waals surface area contributed by atoms with E-state index in [1.165, 1.54) is 54.7 Å². The molecule has 2 nitrogen and oxygen atoms in total. The third-order valence-electron chi connectivity index (χ3n) is 6.54. The van der Waals surface area contributed by atoms with Gasteiger partial charge in [0, 0.05) is 5.39 Å². The highest BCUT2D eigenvalue weighted by atomic mass is 35.5. The second-order valence-electron chi connectivity index (χ2n) is 7.56. The molecule has 0 N–H and O–H groups in total. The number of benzene rings is 2. The number of hydrogen-bond donors (Lipinski definition) is 0. The fourth-order valence-electron chi connectivity index (χ4n) is 4.02. The van der Waals surface area contributed by atoms with Crippen LogP contribution >= 0.6 is 11.6 Å². The summed E-state index contributed by atoms with van der Waals surface area (Å²) in [5, 5.41) is 1.44. The zero-order valence-electron chi connectivity index (χ0n) is 17.3. The molecule has 118 valence electrons. The van der Waals surface area contributed by atoms with Crippen LogP contribution in [0.2, 0.25) is 5.28 Å². The predicted octanol–water partition coefficient (Wildman–Crippen LogP) is -11.7. The molecule has 12 heteroatoms. The van der Waals surface area contributed by atoms with Gasteiger partial charge >= 0.3 is 0 Å². The van der Waals surface area contributed by atoms with Crippen LogP contribution in [0, 0.1) is 0 Å². The first-order chi connectivity index (χ1) is 12.1. The Labute approximate surface area is 168 Å². The van der Waals surface area contributed by atoms with Gasteiger partial charge in [0.25, 0.3) is 0 Å². The minimum atomic E-state index is 0.313. The molecule has 2 aromatic carbocycles. The van der Waals surface area contributed by atoms with Crippen LogP contribution in [-0.2, 0) is 0 Å². The van der Waals surface area contributed by atoms with Crippen molar-refractivity contribution in [3.8, 4) is 11.3 Å². The minimum absolute atomic E-state index is 0.313. The maximum absolute atomic E-state index is 6.38. The molecule has 0 aliphatic rings. The van der Waals surface area contributed by atoms with Crippen LogP contribution in [0.5, 0.6) is 0 Å². The molecule has 0 bridgehead atoms. The molecule has 0 aliphatic heterocycles. The van der Waals surface area contributed by atoms with Gasteiger partial charge in [0.15, 0.2) is 0 Å². The Bertz CT molecular complexity index is 1070. The minimum Gasteiger partial charge on any atom is -0.219 e. The van der Waals surface area contributed by atoms with Gasteiger partial charge in [-0.1, -0.05) is 27.3 Å². The van der Waals surface area contributed by atoms with E-state index in [0.717, 1.165) is 16.6 Å². The summed E-state index contributed by atoms with van der Waals surface area (Å²) in [7, 11) is 19.6. The number of hydrogen-bond acceptors (Lipinski definition) is 2. The summed E-state index contributed by atoms with van der Waals surface area (Å²) >= 11 is 6.38. The average molecular weight is 347 g/mol. The molecule has 3 rings (SSSR count). The van der Waals surface area contributed by atoms with Gasteiger partial charge in [-0.15, -0.1) is 21.9 Å². The highest BCUT2D eigenvalue weighted by Crippen LogP contribution is 2.21. The van der Waals surface area contributed by atoms with Crippen LogP contribution in [0.1, 0.15) is 0 Å². The maximum atomic E-state index is 6.38. The van der Waals surface area contributed by atoms with Crippen molar-refractivity contribution in [2.75, 3.05) is 0 Å². The lowest BCUT2D eigenvalue weighted by Crippen LogP contribution is -2.55. The van der Waals surface area contributed by atoms with Gasteiger partial charge in [-0.3, -0.25) is 0 Å². The van der Waals surface area contributed by atoms with Gasteiger partial charge in [-0.25, -0.2) is 9.97 Å².